The van der Waals surface area contributed by atoms with Gasteiger partial charge in [0.1, 0.15) is 0 Å². The Hall–Kier alpha value is -0.910. The Morgan fingerprint density at radius 1 is 1.25 bits per heavy atom. The van der Waals surface area contributed by atoms with Crippen molar-refractivity contribution in [3.63, 3.8) is 0 Å². The van der Waals surface area contributed by atoms with Gasteiger partial charge in [-0.25, -0.2) is 0 Å². The van der Waals surface area contributed by atoms with Crippen LogP contribution in [0.4, 0.5) is 0 Å². The van der Waals surface area contributed by atoms with E-state index in [9.17, 15) is 8.42 Å². The van der Waals surface area contributed by atoms with Gasteiger partial charge in [0, 0.05) is 0 Å². The van der Waals surface area contributed by atoms with Crippen LogP contribution < -0.4 is 5.32 Å². The molecule has 0 fully saturated rings. The van der Waals surface area contributed by atoms with Gasteiger partial charge in [0.25, 0.3) is 10.1 Å². The fourth-order valence-corrected chi connectivity index (χ4v) is 1.45. The number of hydrogen-bond donors (Lipinski definition) is 2. The number of rotatable bonds is 4. The fraction of sp³-hybridized carbons (Fsp3) is 0.455. The zero-order chi connectivity index (χ0) is 12.4. The van der Waals surface area contributed by atoms with Crippen molar-refractivity contribution >= 4 is 10.1 Å². The highest BCUT2D eigenvalue weighted by atomic mass is 32.2. The molecule has 0 bridgehead atoms. The molecule has 1 rings (SSSR count). The monoisotopic (exact) mass is 245 g/mol. The first-order valence-electron chi connectivity index (χ1n) is 5.19. The molecule has 92 valence electrons. The van der Waals surface area contributed by atoms with Gasteiger partial charge in [-0.1, -0.05) is 31.5 Å². The maximum absolute atomic E-state index is 10.4. The van der Waals surface area contributed by atoms with Crippen LogP contribution in [0.5, 0.6) is 0 Å². The molecule has 0 saturated heterocycles. The Bertz CT molecular complexity index is 358. The summed E-state index contributed by atoms with van der Waals surface area (Å²) in [6.45, 7) is 3.36. The van der Waals surface area contributed by atoms with E-state index in [1.165, 1.54) is 25.0 Å². The van der Waals surface area contributed by atoms with Gasteiger partial charge in [-0.05, 0) is 32.1 Å². The van der Waals surface area contributed by atoms with Crippen molar-refractivity contribution < 1.29 is 13.0 Å². The standard InChI is InChI=1S/C6H6O3S.C5H13N/c7-10(8,9)6-4-2-1-3-5-6;1-3-4-5-6-2/h1-5H,(H,7,8,9);6H,3-5H2,1-2H3. The first-order valence-corrected chi connectivity index (χ1v) is 6.63. The van der Waals surface area contributed by atoms with Gasteiger partial charge in [-0.2, -0.15) is 8.42 Å². The van der Waals surface area contributed by atoms with Gasteiger partial charge in [-0.3, -0.25) is 4.55 Å². The van der Waals surface area contributed by atoms with Crippen LogP contribution in [0.2, 0.25) is 0 Å². The Morgan fingerprint density at radius 3 is 2.06 bits per heavy atom. The first kappa shape index (κ1) is 15.1. The summed E-state index contributed by atoms with van der Waals surface area (Å²) < 4.78 is 29.2. The van der Waals surface area contributed by atoms with Crippen molar-refractivity contribution in [1.82, 2.24) is 5.32 Å². The molecule has 16 heavy (non-hydrogen) atoms. The minimum absolute atomic E-state index is 0.0741. The average Bonchev–Trinajstić information content (AvgIpc) is 2.27. The van der Waals surface area contributed by atoms with Crippen molar-refractivity contribution in [3.05, 3.63) is 30.3 Å². The fourth-order valence-electron chi connectivity index (χ4n) is 0.946. The highest BCUT2D eigenvalue weighted by Crippen LogP contribution is 2.05. The maximum atomic E-state index is 10.4. The van der Waals surface area contributed by atoms with Crippen molar-refractivity contribution in [2.75, 3.05) is 13.6 Å². The van der Waals surface area contributed by atoms with Gasteiger partial charge in [0.15, 0.2) is 0 Å². The molecule has 0 spiro atoms. The van der Waals surface area contributed by atoms with Crippen LogP contribution in [0.15, 0.2) is 35.2 Å². The molecule has 0 aliphatic heterocycles. The SMILES string of the molecule is CCCCNC.O=S(=O)(O)c1ccccc1. The highest BCUT2D eigenvalue weighted by Gasteiger charge is 2.05. The molecule has 1 aromatic carbocycles. The predicted octanol–water partition coefficient (Wildman–Crippen LogP) is 1.94. The van der Waals surface area contributed by atoms with Gasteiger partial charge >= 0.3 is 0 Å². The quantitative estimate of drug-likeness (QED) is 0.628. The number of hydrogen-bond acceptors (Lipinski definition) is 3. The third kappa shape index (κ3) is 7.39. The van der Waals surface area contributed by atoms with Crippen LogP contribution in [0.3, 0.4) is 0 Å². The van der Waals surface area contributed by atoms with Crippen molar-refractivity contribution in [3.8, 4) is 0 Å². The lowest BCUT2D eigenvalue weighted by Crippen LogP contribution is -2.06. The molecule has 5 heteroatoms. The summed E-state index contributed by atoms with van der Waals surface area (Å²) in [4.78, 5) is -0.0741. The Labute approximate surface area is 97.4 Å². The number of benzene rings is 1. The Kier molecular flexibility index (Phi) is 7.80. The van der Waals surface area contributed by atoms with Crippen molar-refractivity contribution in [2.24, 2.45) is 0 Å². The molecule has 0 saturated carbocycles. The Morgan fingerprint density at radius 2 is 1.81 bits per heavy atom. The zero-order valence-corrected chi connectivity index (χ0v) is 10.5. The van der Waals surface area contributed by atoms with Crippen LogP contribution >= 0.6 is 0 Å². The van der Waals surface area contributed by atoms with E-state index in [0.717, 1.165) is 6.54 Å². The molecule has 0 aliphatic carbocycles. The third-order valence-electron chi connectivity index (χ3n) is 1.82. The summed E-state index contributed by atoms with van der Waals surface area (Å²) in [7, 11) is -2.02. The molecule has 1 aromatic rings. The summed E-state index contributed by atoms with van der Waals surface area (Å²) >= 11 is 0. The van der Waals surface area contributed by atoms with E-state index in [0.29, 0.717) is 0 Å². The maximum Gasteiger partial charge on any atom is 0.294 e. The smallest absolute Gasteiger partial charge is 0.294 e. The van der Waals surface area contributed by atoms with E-state index >= 15 is 0 Å². The molecule has 0 aliphatic rings. The molecular weight excluding hydrogens is 226 g/mol. The molecule has 2 N–H and O–H groups in total. The Balaban J connectivity index is 0.000000325. The van der Waals surface area contributed by atoms with Gasteiger partial charge in [0.05, 0.1) is 4.90 Å². The first-order chi connectivity index (χ1) is 7.52. The minimum atomic E-state index is -4.00. The molecule has 0 atom stereocenters. The van der Waals surface area contributed by atoms with Crippen molar-refractivity contribution in [2.45, 2.75) is 24.7 Å². The topological polar surface area (TPSA) is 66.4 Å². The van der Waals surface area contributed by atoms with E-state index in [-0.39, 0.29) is 4.90 Å². The predicted molar refractivity (Wildman–Crippen MR) is 65.1 cm³/mol. The van der Waals surface area contributed by atoms with Crippen LogP contribution in [-0.4, -0.2) is 26.6 Å². The van der Waals surface area contributed by atoms with Gasteiger partial charge < -0.3 is 5.32 Å². The largest absolute Gasteiger partial charge is 0.320 e. The third-order valence-corrected chi connectivity index (χ3v) is 2.69. The summed E-state index contributed by atoms with van der Waals surface area (Å²) in [5.41, 5.74) is 0. The second-order valence-electron chi connectivity index (χ2n) is 3.25. The molecule has 4 nitrogen and oxygen atoms in total. The van der Waals surface area contributed by atoms with Crippen LogP contribution in [0.1, 0.15) is 19.8 Å². The van der Waals surface area contributed by atoms with Gasteiger partial charge in [0.2, 0.25) is 0 Å². The van der Waals surface area contributed by atoms with Crippen molar-refractivity contribution in [1.29, 1.82) is 0 Å². The van der Waals surface area contributed by atoms with E-state index < -0.39 is 10.1 Å². The zero-order valence-electron chi connectivity index (χ0n) is 9.68. The molecule has 0 unspecified atom stereocenters. The summed E-state index contributed by atoms with van der Waals surface area (Å²) in [5, 5.41) is 3.07. The van der Waals surface area contributed by atoms with Crippen LogP contribution in [-0.2, 0) is 10.1 Å². The molecule has 0 amide bonds. The molecule has 0 radical (unpaired) electrons. The molecule has 0 heterocycles. The second-order valence-corrected chi connectivity index (χ2v) is 4.67. The van der Waals surface area contributed by atoms with Gasteiger partial charge in [-0.15, -0.1) is 0 Å². The van der Waals surface area contributed by atoms with E-state index in [1.807, 2.05) is 7.05 Å². The lowest BCUT2D eigenvalue weighted by molar-refractivity contribution is 0.483. The highest BCUT2D eigenvalue weighted by molar-refractivity contribution is 7.85. The lowest BCUT2D eigenvalue weighted by Gasteiger charge is -1.92. The lowest BCUT2D eigenvalue weighted by atomic mass is 10.3. The number of nitrogens with one attached hydrogen (secondary N) is 1. The van der Waals surface area contributed by atoms with E-state index in [1.54, 1.807) is 18.2 Å². The molecular formula is C11H19NO3S. The van der Waals surface area contributed by atoms with Crippen LogP contribution in [0, 0.1) is 0 Å². The minimum Gasteiger partial charge on any atom is -0.320 e. The average molecular weight is 245 g/mol. The van der Waals surface area contributed by atoms with Crippen LogP contribution in [0.25, 0.3) is 0 Å². The summed E-state index contributed by atoms with van der Waals surface area (Å²) in [5.74, 6) is 0. The summed E-state index contributed by atoms with van der Waals surface area (Å²) in [6, 6.07) is 7.42. The van der Waals surface area contributed by atoms with E-state index in [2.05, 4.69) is 12.2 Å². The molecule has 0 aromatic heterocycles. The normalized spacial score (nSPS) is 10.4. The summed E-state index contributed by atoms with van der Waals surface area (Å²) in [6.07, 6.45) is 2.59. The van der Waals surface area contributed by atoms with E-state index in [4.69, 9.17) is 4.55 Å². The second kappa shape index (κ2) is 8.27. The number of unbranched alkanes of at least 4 members (excludes halogenated alkanes) is 1.